The van der Waals surface area contributed by atoms with Gasteiger partial charge in [0, 0.05) is 11.6 Å². The third kappa shape index (κ3) is 3.67. The van der Waals surface area contributed by atoms with E-state index in [1.807, 2.05) is 6.92 Å². The summed E-state index contributed by atoms with van der Waals surface area (Å²) < 4.78 is 0. The first-order valence-electron chi connectivity index (χ1n) is 5.86. The van der Waals surface area contributed by atoms with Crippen LogP contribution in [-0.2, 0) is 4.79 Å². The van der Waals surface area contributed by atoms with E-state index in [4.69, 9.17) is 23.2 Å². The zero-order chi connectivity index (χ0) is 13.8. The smallest absolute Gasteiger partial charge is 0.258 e. The van der Waals surface area contributed by atoms with Crippen molar-refractivity contribution >= 4 is 35.3 Å². The molecule has 1 aromatic rings. The number of hydrazine groups is 1. The van der Waals surface area contributed by atoms with Crippen LogP contribution in [0.4, 0.5) is 0 Å². The molecular weight excluding hydrogens is 287 g/mol. The number of nitrogens with zero attached hydrogens (tertiary/aromatic N) is 1. The average Bonchev–Trinajstić information content (AvgIpc) is 2.79. The van der Waals surface area contributed by atoms with Gasteiger partial charge in [-0.2, -0.15) is 5.10 Å². The fourth-order valence-corrected chi connectivity index (χ4v) is 2.25. The van der Waals surface area contributed by atoms with Crippen LogP contribution in [0.5, 0.6) is 0 Å². The SMILES string of the molecule is CC1CC(C(=O)N/N=C/c2c(Cl)cccc2Cl)NN1. The Kier molecular flexibility index (Phi) is 4.76. The third-order valence-electron chi connectivity index (χ3n) is 2.78. The third-order valence-corrected chi connectivity index (χ3v) is 3.44. The van der Waals surface area contributed by atoms with Crippen LogP contribution in [0.25, 0.3) is 0 Å². The fourth-order valence-electron chi connectivity index (χ4n) is 1.76. The molecular formula is C12H14Cl2N4O. The van der Waals surface area contributed by atoms with Crippen LogP contribution in [0, 0.1) is 0 Å². The molecule has 2 unspecified atom stereocenters. The van der Waals surface area contributed by atoms with Crippen LogP contribution in [0.2, 0.25) is 10.0 Å². The molecule has 19 heavy (non-hydrogen) atoms. The van der Waals surface area contributed by atoms with Crippen molar-refractivity contribution in [3.05, 3.63) is 33.8 Å². The molecule has 2 rings (SSSR count). The molecule has 0 saturated carbocycles. The first kappa shape index (κ1) is 14.3. The minimum Gasteiger partial charge on any atom is -0.271 e. The highest BCUT2D eigenvalue weighted by molar-refractivity contribution is 6.38. The van der Waals surface area contributed by atoms with E-state index < -0.39 is 0 Å². The van der Waals surface area contributed by atoms with Crippen molar-refractivity contribution in [2.75, 3.05) is 0 Å². The van der Waals surface area contributed by atoms with Gasteiger partial charge in [0.05, 0.1) is 16.3 Å². The molecule has 5 nitrogen and oxygen atoms in total. The summed E-state index contributed by atoms with van der Waals surface area (Å²) in [5.41, 5.74) is 8.90. The predicted octanol–water partition coefficient (Wildman–Crippen LogP) is 1.70. The molecule has 102 valence electrons. The van der Waals surface area contributed by atoms with Crippen molar-refractivity contribution in [1.29, 1.82) is 0 Å². The number of rotatable bonds is 3. The summed E-state index contributed by atoms with van der Waals surface area (Å²) in [6, 6.07) is 5.14. The van der Waals surface area contributed by atoms with Gasteiger partial charge in [0.15, 0.2) is 0 Å². The lowest BCUT2D eigenvalue weighted by molar-refractivity contribution is -0.122. The second kappa shape index (κ2) is 6.34. The minimum absolute atomic E-state index is 0.198. The Morgan fingerprint density at radius 2 is 2.11 bits per heavy atom. The number of hydrogen-bond acceptors (Lipinski definition) is 4. The van der Waals surface area contributed by atoms with E-state index >= 15 is 0 Å². The summed E-state index contributed by atoms with van der Waals surface area (Å²) in [4.78, 5) is 11.8. The Hall–Kier alpha value is -1.14. The lowest BCUT2D eigenvalue weighted by Crippen LogP contribution is -2.41. The zero-order valence-electron chi connectivity index (χ0n) is 10.3. The summed E-state index contributed by atoms with van der Waals surface area (Å²) in [7, 11) is 0. The molecule has 0 spiro atoms. The lowest BCUT2D eigenvalue weighted by atomic mass is 10.1. The maximum Gasteiger partial charge on any atom is 0.258 e. The summed E-state index contributed by atoms with van der Waals surface area (Å²) in [5, 5.41) is 4.84. The summed E-state index contributed by atoms with van der Waals surface area (Å²) in [6.07, 6.45) is 2.16. The van der Waals surface area contributed by atoms with Crippen molar-refractivity contribution in [2.24, 2.45) is 5.10 Å². The molecule has 3 N–H and O–H groups in total. The molecule has 1 saturated heterocycles. The number of benzene rings is 1. The number of halogens is 2. The molecule has 2 atom stereocenters. The number of carbonyl (C=O) groups is 1. The molecule has 0 aliphatic carbocycles. The van der Waals surface area contributed by atoms with Gasteiger partial charge in [-0.25, -0.2) is 10.9 Å². The van der Waals surface area contributed by atoms with Crippen molar-refractivity contribution in [2.45, 2.75) is 25.4 Å². The quantitative estimate of drug-likeness (QED) is 0.588. The summed E-state index contributed by atoms with van der Waals surface area (Å²) >= 11 is 12.0. The highest BCUT2D eigenvalue weighted by Crippen LogP contribution is 2.21. The van der Waals surface area contributed by atoms with Gasteiger partial charge >= 0.3 is 0 Å². The zero-order valence-corrected chi connectivity index (χ0v) is 11.8. The van der Waals surface area contributed by atoms with Crippen molar-refractivity contribution in [3.8, 4) is 0 Å². The topological polar surface area (TPSA) is 65.5 Å². The Balaban J connectivity index is 1.95. The Bertz CT molecular complexity index is 486. The molecule has 1 aliphatic heterocycles. The number of hydrogen-bond donors (Lipinski definition) is 3. The van der Waals surface area contributed by atoms with E-state index in [2.05, 4.69) is 21.4 Å². The normalized spacial score (nSPS) is 22.9. The largest absolute Gasteiger partial charge is 0.271 e. The number of carbonyl (C=O) groups excluding carboxylic acids is 1. The van der Waals surface area contributed by atoms with Crippen molar-refractivity contribution < 1.29 is 4.79 Å². The van der Waals surface area contributed by atoms with Crippen LogP contribution in [0.1, 0.15) is 18.9 Å². The van der Waals surface area contributed by atoms with Gasteiger partial charge in [-0.3, -0.25) is 10.2 Å². The van der Waals surface area contributed by atoms with E-state index in [0.29, 0.717) is 22.0 Å². The van der Waals surface area contributed by atoms with E-state index in [1.54, 1.807) is 18.2 Å². The molecule has 1 aromatic carbocycles. The Morgan fingerprint density at radius 1 is 1.42 bits per heavy atom. The Labute approximate surface area is 121 Å². The second-order valence-corrected chi connectivity index (χ2v) is 5.16. The molecule has 0 aromatic heterocycles. The number of amides is 1. The lowest BCUT2D eigenvalue weighted by Gasteiger charge is -2.06. The van der Waals surface area contributed by atoms with Gasteiger partial charge < -0.3 is 0 Å². The monoisotopic (exact) mass is 300 g/mol. The molecule has 7 heteroatoms. The average molecular weight is 301 g/mol. The van der Waals surface area contributed by atoms with Gasteiger partial charge in [0.25, 0.3) is 5.91 Å². The standard InChI is InChI=1S/C12H14Cl2N4O/c1-7-5-11(17-16-7)12(19)18-15-6-8-9(13)3-2-4-10(8)14/h2-4,6-7,11,16-17H,5H2,1H3,(H,18,19)/b15-6+. The van der Waals surface area contributed by atoms with E-state index in [-0.39, 0.29) is 18.0 Å². The number of nitrogens with one attached hydrogen (secondary N) is 3. The van der Waals surface area contributed by atoms with Gasteiger partial charge in [-0.05, 0) is 25.5 Å². The Morgan fingerprint density at radius 3 is 2.68 bits per heavy atom. The maximum absolute atomic E-state index is 11.8. The van der Waals surface area contributed by atoms with Gasteiger partial charge in [0.2, 0.25) is 0 Å². The molecule has 1 amide bonds. The summed E-state index contributed by atoms with van der Waals surface area (Å²) in [6.45, 7) is 1.99. The van der Waals surface area contributed by atoms with Crippen LogP contribution in [0.3, 0.4) is 0 Å². The van der Waals surface area contributed by atoms with Crippen molar-refractivity contribution in [1.82, 2.24) is 16.3 Å². The molecule has 0 bridgehead atoms. The highest BCUT2D eigenvalue weighted by atomic mass is 35.5. The van der Waals surface area contributed by atoms with Gasteiger partial charge in [0.1, 0.15) is 6.04 Å². The summed E-state index contributed by atoms with van der Waals surface area (Å²) in [5.74, 6) is -0.198. The number of hydrazone groups is 1. The van der Waals surface area contributed by atoms with E-state index in [0.717, 1.165) is 0 Å². The van der Waals surface area contributed by atoms with Crippen LogP contribution < -0.4 is 16.3 Å². The molecule has 0 radical (unpaired) electrons. The van der Waals surface area contributed by atoms with Gasteiger partial charge in [-0.15, -0.1) is 0 Å². The molecule has 1 fully saturated rings. The highest BCUT2D eigenvalue weighted by Gasteiger charge is 2.26. The first-order chi connectivity index (χ1) is 9.08. The first-order valence-corrected chi connectivity index (χ1v) is 6.61. The van der Waals surface area contributed by atoms with Crippen LogP contribution >= 0.6 is 23.2 Å². The van der Waals surface area contributed by atoms with Crippen LogP contribution in [-0.4, -0.2) is 24.2 Å². The van der Waals surface area contributed by atoms with E-state index in [1.165, 1.54) is 6.21 Å². The van der Waals surface area contributed by atoms with E-state index in [9.17, 15) is 4.79 Å². The van der Waals surface area contributed by atoms with Crippen molar-refractivity contribution in [3.63, 3.8) is 0 Å². The van der Waals surface area contributed by atoms with Crippen LogP contribution in [0.15, 0.2) is 23.3 Å². The van der Waals surface area contributed by atoms with Gasteiger partial charge in [-0.1, -0.05) is 29.3 Å². The molecule has 1 aliphatic rings. The minimum atomic E-state index is -0.283. The maximum atomic E-state index is 11.8. The predicted molar refractivity (Wildman–Crippen MR) is 76.3 cm³/mol. The second-order valence-electron chi connectivity index (χ2n) is 4.35. The molecule has 1 heterocycles. The fraction of sp³-hybridized carbons (Fsp3) is 0.333.